The Hall–Kier alpha value is -2.25. The van der Waals surface area contributed by atoms with Gasteiger partial charge >= 0.3 is 5.97 Å². The van der Waals surface area contributed by atoms with E-state index in [4.69, 9.17) is 49.4 Å². The van der Waals surface area contributed by atoms with Gasteiger partial charge in [-0.25, -0.2) is 4.79 Å². The standard InChI is InChI=1S/C16H22ClNO2.C8H6Cl2O3/c1-4-20-11-10-18(15(19)12-17)16(13(2)3)14-8-6-5-7-9-14;1-13-7-5(10)3-2-4(9)6(7)8(11)12/h5-9H,4,10-12H2,1-3H3;2-3H,1H3,(H,11,12). The third-order valence-corrected chi connectivity index (χ3v) is 5.19. The second-order valence-corrected chi connectivity index (χ2v) is 7.91. The van der Waals surface area contributed by atoms with E-state index in [1.807, 2.05) is 51.1 Å². The average molecular weight is 517 g/mol. The van der Waals surface area contributed by atoms with E-state index in [1.54, 1.807) is 4.90 Å². The molecule has 2 aromatic rings. The van der Waals surface area contributed by atoms with Crippen molar-refractivity contribution < 1.29 is 24.2 Å². The van der Waals surface area contributed by atoms with Crippen molar-refractivity contribution in [3.05, 3.63) is 69.2 Å². The van der Waals surface area contributed by atoms with Crippen molar-refractivity contribution in [3.8, 4) is 5.75 Å². The average Bonchev–Trinajstić information content (AvgIpc) is 2.79. The van der Waals surface area contributed by atoms with Gasteiger partial charge in [0.25, 0.3) is 0 Å². The molecule has 6 nitrogen and oxygen atoms in total. The number of amides is 1. The van der Waals surface area contributed by atoms with Gasteiger partial charge in [-0.3, -0.25) is 4.79 Å². The van der Waals surface area contributed by atoms with Crippen LogP contribution < -0.4 is 4.74 Å². The van der Waals surface area contributed by atoms with Crippen LogP contribution >= 0.6 is 34.8 Å². The highest BCUT2D eigenvalue weighted by Crippen LogP contribution is 2.33. The minimum atomic E-state index is -1.16. The molecule has 0 aliphatic carbocycles. The molecule has 0 aliphatic rings. The summed E-state index contributed by atoms with van der Waals surface area (Å²) in [7, 11) is 1.34. The van der Waals surface area contributed by atoms with Crippen LogP contribution in [0, 0.1) is 0 Å². The number of carboxylic acid groups (broad SMARTS) is 1. The summed E-state index contributed by atoms with van der Waals surface area (Å²) in [6.45, 7) is 7.58. The molecule has 0 aromatic heterocycles. The van der Waals surface area contributed by atoms with E-state index < -0.39 is 5.97 Å². The summed E-state index contributed by atoms with van der Waals surface area (Å²) in [5.41, 5.74) is 2.89. The summed E-state index contributed by atoms with van der Waals surface area (Å²) in [5.74, 6) is -1.21. The van der Waals surface area contributed by atoms with Crippen molar-refractivity contribution in [2.45, 2.75) is 20.8 Å². The second-order valence-electron chi connectivity index (χ2n) is 6.83. The van der Waals surface area contributed by atoms with E-state index >= 15 is 0 Å². The highest BCUT2D eigenvalue weighted by Gasteiger charge is 2.20. The lowest BCUT2D eigenvalue weighted by Crippen LogP contribution is -2.34. The number of methoxy groups -OCH3 is 1. The number of hydrogen-bond acceptors (Lipinski definition) is 4. The number of ether oxygens (including phenoxy) is 2. The summed E-state index contributed by atoms with van der Waals surface area (Å²) >= 11 is 17.1. The third kappa shape index (κ3) is 8.55. The molecule has 1 N–H and O–H groups in total. The number of nitrogens with zero attached hydrogens (tertiary/aromatic N) is 1. The summed E-state index contributed by atoms with van der Waals surface area (Å²) in [6.07, 6.45) is 0. The monoisotopic (exact) mass is 515 g/mol. The Labute approximate surface area is 209 Å². The van der Waals surface area contributed by atoms with Gasteiger partial charge in [-0.05, 0) is 38.5 Å². The van der Waals surface area contributed by atoms with Crippen molar-refractivity contribution >= 4 is 52.4 Å². The van der Waals surface area contributed by atoms with Gasteiger partial charge in [-0.15, -0.1) is 11.6 Å². The molecule has 0 saturated heterocycles. The molecule has 0 atom stereocenters. The molecular formula is C24H28Cl3NO5. The molecule has 9 heteroatoms. The van der Waals surface area contributed by atoms with Crippen molar-refractivity contribution in [3.63, 3.8) is 0 Å². The highest BCUT2D eigenvalue weighted by atomic mass is 35.5. The number of benzene rings is 2. The number of alkyl halides is 1. The molecule has 0 aliphatic heterocycles. The quantitative estimate of drug-likeness (QED) is 0.315. The van der Waals surface area contributed by atoms with Gasteiger partial charge in [0.05, 0.1) is 23.8 Å². The summed E-state index contributed by atoms with van der Waals surface area (Å²) < 4.78 is 10.2. The fourth-order valence-electron chi connectivity index (χ4n) is 2.98. The zero-order valence-corrected chi connectivity index (χ0v) is 21.3. The fraction of sp³-hybridized carbons (Fsp3) is 0.333. The number of carbonyl (C=O) groups excluding carboxylic acids is 1. The molecule has 2 rings (SSSR count). The molecule has 1 amide bonds. The number of hydrogen-bond donors (Lipinski definition) is 1. The number of carboxylic acids is 1. The van der Waals surface area contributed by atoms with Crippen LogP contribution in [-0.4, -0.2) is 54.6 Å². The van der Waals surface area contributed by atoms with Gasteiger partial charge in [0.2, 0.25) is 5.91 Å². The SMILES string of the molecule is CCOCCN(C(=O)CCl)C(=C(C)C)c1ccccc1.COc1c(Cl)ccc(Cl)c1C(=O)O. The number of aromatic carboxylic acids is 1. The van der Waals surface area contributed by atoms with Crippen LogP contribution in [0.5, 0.6) is 5.75 Å². The van der Waals surface area contributed by atoms with Gasteiger partial charge in [0.1, 0.15) is 11.4 Å². The van der Waals surface area contributed by atoms with Gasteiger partial charge in [-0.1, -0.05) is 59.1 Å². The van der Waals surface area contributed by atoms with Crippen molar-refractivity contribution in [2.24, 2.45) is 0 Å². The Bertz CT molecular complexity index is 960. The van der Waals surface area contributed by atoms with E-state index in [-0.39, 0.29) is 33.1 Å². The molecule has 0 fully saturated rings. The van der Waals surface area contributed by atoms with Gasteiger partial charge in [0.15, 0.2) is 5.75 Å². The first-order valence-electron chi connectivity index (χ1n) is 10.1. The summed E-state index contributed by atoms with van der Waals surface area (Å²) in [6, 6.07) is 12.8. The zero-order valence-electron chi connectivity index (χ0n) is 19.0. The Balaban J connectivity index is 0.000000361. The Morgan fingerprint density at radius 3 is 2.09 bits per heavy atom. The Morgan fingerprint density at radius 2 is 1.64 bits per heavy atom. The molecule has 0 spiro atoms. The lowest BCUT2D eigenvalue weighted by Gasteiger charge is -2.26. The topological polar surface area (TPSA) is 76.1 Å². The molecule has 0 radical (unpaired) electrons. The van der Waals surface area contributed by atoms with Crippen LogP contribution in [0.3, 0.4) is 0 Å². The van der Waals surface area contributed by atoms with E-state index in [2.05, 4.69) is 0 Å². The molecule has 33 heavy (non-hydrogen) atoms. The number of carbonyl (C=O) groups is 2. The number of allylic oxidation sites excluding steroid dienone is 1. The maximum absolute atomic E-state index is 12.1. The zero-order chi connectivity index (χ0) is 25.0. The third-order valence-electron chi connectivity index (χ3n) is 4.35. The van der Waals surface area contributed by atoms with Crippen LogP contribution in [0.1, 0.15) is 36.7 Å². The van der Waals surface area contributed by atoms with Crippen molar-refractivity contribution in [1.29, 1.82) is 0 Å². The smallest absolute Gasteiger partial charge is 0.341 e. The molecule has 0 heterocycles. The summed E-state index contributed by atoms with van der Waals surface area (Å²) in [4.78, 5) is 24.6. The molecular weight excluding hydrogens is 489 g/mol. The second kappa shape index (κ2) is 14.8. The fourth-order valence-corrected chi connectivity index (χ4v) is 3.58. The number of halogens is 3. The Kier molecular flexibility index (Phi) is 12.9. The van der Waals surface area contributed by atoms with E-state index in [0.29, 0.717) is 19.8 Å². The lowest BCUT2D eigenvalue weighted by atomic mass is 10.1. The molecule has 2 aromatic carbocycles. The van der Waals surface area contributed by atoms with Crippen LogP contribution in [0.25, 0.3) is 5.70 Å². The van der Waals surface area contributed by atoms with Crippen LogP contribution in [0.15, 0.2) is 48.0 Å². The van der Waals surface area contributed by atoms with Crippen molar-refractivity contribution in [2.75, 3.05) is 32.7 Å². The molecule has 0 saturated carbocycles. The van der Waals surface area contributed by atoms with Crippen LogP contribution in [-0.2, 0) is 9.53 Å². The molecule has 180 valence electrons. The predicted molar refractivity (Wildman–Crippen MR) is 134 cm³/mol. The summed E-state index contributed by atoms with van der Waals surface area (Å²) in [5, 5.41) is 9.11. The van der Waals surface area contributed by atoms with E-state index in [1.165, 1.54) is 19.2 Å². The van der Waals surface area contributed by atoms with Gasteiger partial charge < -0.3 is 19.5 Å². The maximum atomic E-state index is 12.1. The maximum Gasteiger partial charge on any atom is 0.341 e. The molecule has 0 bridgehead atoms. The highest BCUT2D eigenvalue weighted by molar-refractivity contribution is 6.37. The first-order valence-corrected chi connectivity index (χ1v) is 11.4. The molecule has 0 unspecified atom stereocenters. The first-order chi connectivity index (χ1) is 15.7. The first kappa shape index (κ1) is 28.8. The minimum Gasteiger partial charge on any atom is -0.494 e. The van der Waals surface area contributed by atoms with E-state index in [0.717, 1.165) is 16.8 Å². The van der Waals surface area contributed by atoms with Crippen LogP contribution in [0.2, 0.25) is 10.0 Å². The predicted octanol–water partition coefficient (Wildman–Crippen LogP) is 6.24. The largest absolute Gasteiger partial charge is 0.494 e. The lowest BCUT2D eigenvalue weighted by molar-refractivity contribution is -0.125. The van der Waals surface area contributed by atoms with Gasteiger partial charge in [-0.2, -0.15) is 0 Å². The normalized spacial score (nSPS) is 10.0. The number of rotatable bonds is 9. The Morgan fingerprint density at radius 1 is 1.03 bits per heavy atom. The van der Waals surface area contributed by atoms with Crippen LogP contribution in [0.4, 0.5) is 0 Å². The minimum absolute atomic E-state index is 0.0320. The van der Waals surface area contributed by atoms with Crippen molar-refractivity contribution in [1.82, 2.24) is 4.90 Å². The van der Waals surface area contributed by atoms with Gasteiger partial charge in [0, 0.05) is 18.8 Å². The van der Waals surface area contributed by atoms with E-state index in [9.17, 15) is 9.59 Å².